The van der Waals surface area contributed by atoms with Crippen LogP contribution in [-0.2, 0) is 21.7 Å². The first-order valence-electron chi connectivity index (χ1n) is 33.0. The number of para-hydroxylation sites is 5. The Morgan fingerprint density at radius 2 is 0.828 bits per heavy atom. The summed E-state index contributed by atoms with van der Waals surface area (Å²) in [5.74, 6) is 4.41. The van der Waals surface area contributed by atoms with Crippen LogP contribution in [0.1, 0.15) is 103 Å². The summed E-state index contributed by atoms with van der Waals surface area (Å²) in [7, 11) is 0. The minimum Gasteiger partial charge on any atom is -0.440 e. The molecule has 9 aromatic carbocycles. The van der Waals surface area contributed by atoms with E-state index in [0.29, 0.717) is 11.8 Å². The topological polar surface area (TPSA) is 57.2 Å². The molecule has 18 rings (SSSR count). The van der Waals surface area contributed by atoms with Crippen molar-refractivity contribution in [2.75, 3.05) is 19.6 Å². The summed E-state index contributed by atoms with van der Waals surface area (Å²) in [5.41, 5.74) is 21.6. The standard InChI is InChI=1S/C82H70B2N6O2S/c1-79(2)41-43-81(5,6)60-45-55(37-39-58(60)79)87(51-25-13-9-14-26-51)71-49-67-73-77(85-71)91-69-35-23-22-34-62(69)83(73)63-47-64-66(48-65(63)89(67)53-29-17-11-18-30-53)90(54-31-19-12-20-32-54)68-50-72(86-78-74(68)84(64)76-75(92-78)57-33-21-24-36-70(57)93-76)88(52-27-15-10-16-28-52)56-38-40-59-61(46-56)82(7,8)44-42-80(59,3)4/h9-40,45-50H,41-44H2,1-8H3. The highest BCUT2D eigenvalue weighted by Gasteiger charge is 2.50. The molecule has 4 aliphatic heterocycles. The average Bonchev–Trinajstić information content (AvgIpc) is 1.63. The predicted molar refractivity (Wildman–Crippen MR) is 389 cm³/mol. The van der Waals surface area contributed by atoms with E-state index >= 15 is 0 Å². The molecule has 452 valence electrons. The lowest BCUT2D eigenvalue weighted by Gasteiger charge is -2.44. The van der Waals surface area contributed by atoms with Crippen LogP contribution >= 0.6 is 11.3 Å². The molecular weight excluding hydrogens is 1150 g/mol. The van der Waals surface area contributed by atoms with Gasteiger partial charge in [-0.25, -0.2) is 0 Å². The summed E-state index contributed by atoms with van der Waals surface area (Å²) in [6.07, 6.45) is 4.49. The molecule has 6 aliphatic rings. The second-order valence-corrected chi connectivity index (χ2v) is 30.1. The summed E-state index contributed by atoms with van der Waals surface area (Å²) in [4.78, 5) is 21.2. The Bertz CT molecular complexity index is 5050. The van der Waals surface area contributed by atoms with Crippen LogP contribution in [0.3, 0.4) is 0 Å². The monoisotopic (exact) mass is 1220 g/mol. The zero-order valence-corrected chi connectivity index (χ0v) is 54.6. The Kier molecular flexibility index (Phi) is 12.2. The van der Waals surface area contributed by atoms with Crippen LogP contribution < -0.4 is 61.2 Å². The molecule has 3 aromatic heterocycles. The number of thiophene rings is 1. The second-order valence-electron chi connectivity index (χ2n) is 29.0. The Labute approximate surface area is 549 Å². The fraction of sp³-hybridized carbons (Fsp3) is 0.195. The summed E-state index contributed by atoms with van der Waals surface area (Å²) in [6.45, 7) is 18.7. The summed E-state index contributed by atoms with van der Waals surface area (Å²) >= 11 is 1.83. The largest absolute Gasteiger partial charge is 0.440 e. The molecule has 93 heavy (non-hydrogen) atoms. The third-order valence-electron chi connectivity index (χ3n) is 21.5. The molecule has 0 saturated carbocycles. The predicted octanol–water partition coefficient (Wildman–Crippen LogP) is 18.1. The van der Waals surface area contributed by atoms with Crippen molar-refractivity contribution in [1.29, 1.82) is 0 Å². The van der Waals surface area contributed by atoms with Crippen molar-refractivity contribution >= 4 is 135 Å². The average molecular weight is 1230 g/mol. The molecule has 0 radical (unpaired) electrons. The highest BCUT2D eigenvalue weighted by atomic mass is 32.1. The van der Waals surface area contributed by atoms with Crippen molar-refractivity contribution < 1.29 is 9.47 Å². The summed E-state index contributed by atoms with van der Waals surface area (Å²) < 4.78 is 17.1. The van der Waals surface area contributed by atoms with Gasteiger partial charge in [0.05, 0.1) is 11.4 Å². The smallest absolute Gasteiger partial charge is 0.271 e. The van der Waals surface area contributed by atoms with Gasteiger partial charge in [0.15, 0.2) is 0 Å². The third kappa shape index (κ3) is 8.58. The lowest BCUT2D eigenvalue weighted by Crippen LogP contribution is -2.63. The van der Waals surface area contributed by atoms with Crippen LogP contribution in [-0.4, -0.2) is 23.4 Å². The van der Waals surface area contributed by atoms with E-state index in [2.05, 4.69) is 306 Å². The molecule has 11 heteroatoms. The van der Waals surface area contributed by atoms with Crippen molar-refractivity contribution in [2.45, 2.75) is 103 Å². The molecule has 0 atom stereocenters. The fourth-order valence-corrected chi connectivity index (χ4v) is 17.7. The van der Waals surface area contributed by atoms with Gasteiger partial charge in [0.2, 0.25) is 11.8 Å². The molecule has 0 fully saturated rings. The van der Waals surface area contributed by atoms with E-state index in [1.165, 1.54) is 42.7 Å². The van der Waals surface area contributed by atoms with Gasteiger partial charge in [-0.2, -0.15) is 9.97 Å². The number of rotatable bonds is 8. The van der Waals surface area contributed by atoms with Crippen molar-refractivity contribution in [1.82, 2.24) is 9.97 Å². The number of pyridine rings is 2. The normalized spacial score (nSPS) is 16.6. The molecule has 0 N–H and O–H groups in total. The van der Waals surface area contributed by atoms with Gasteiger partial charge >= 0.3 is 0 Å². The van der Waals surface area contributed by atoms with Crippen LogP contribution in [0, 0.1) is 0 Å². The number of ether oxygens (including phenoxy) is 2. The van der Waals surface area contributed by atoms with E-state index in [-0.39, 0.29) is 35.1 Å². The Morgan fingerprint density at radius 1 is 0.387 bits per heavy atom. The number of aromatic nitrogens is 2. The van der Waals surface area contributed by atoms with E-state index in [9.17, 15) is 0 Å². The summed E-state index contributed by atoms with van der Waals surface area (Å²) in [6, 6.07) is 84.7. The Morgan fingerprint density at radius 3 is 1.37 bits per heavy atom. The van der Waals surface area contributed by atoms with Crippen molar-refractivity contribution in [3.05, 3.63) is 253 Å². The minimum absolute atomic E-state index is 0.0136. The molecule has 12 aromatic rings. The lowest BCUT2D eigenvalue weighted by molar-refractivity contribution is 0.332. The number of benzene rings is 9. The van der Waals surface area contributed by atoms with Crippen molar-refractivity contribution in [3.8, 4) is 23.3 Å². The number of hydrogen-bond acceptors (Lipinski definition) is 9. The summed E-state index contributed by atoms with van der Waals surface area (Å²) in [5, 5.41) is 1.09. The van der Waals surface area contributed by atoms with Gasteiger partial charge in [0.1, 0.15) is 23.1 Å². The van der Waals surface area contributed by atoms with Gasteiger partial charge in [-0.05, 0) is 183 Å². The zero-order chi connectivity index (χ0) is 62.9. The van der Waals surface area contributed by atoms with E-state index in [1.54, 1.807) is 0 Å². The van der Waals surface area contributed by atoms with Crippen LogP contribution in [0.5, 0.6) is 23.3 Å². The van der Waals surface area contributed by atoms with E-state index < -0.39 is 0 Å². The van der Waals surface area contributed by atoms with Crippen molar-refractivity contribution in [3.63, 3.8) is 0 Å². The molecule has 8 nitrogen and oxygen atoms in total. The second kappa shape index (κ2) is 20.3. The van der Waals surface area contributed by atoms with E-state index in [4.69, 9.17) is 19.4 Å². The molecule has 7 heterocycles. The highest BCUT2D eigenvalue weighted by Crippen LogP contribution is 2.54. The van der Waals surface area contributed by atoms with Crippen LogP contribution in [0.2, 0.25) is 0 Å². The van der Waals surface area contributed by atoms with Crippen LogP contribution in [0.25, 0.3) is 10.1 Å². The van der Waals surface area contributed by atoms with E-state index in [1.807, 2.05) is 11.3 Å². The maximum atomic E-state index is 7.49. The molecular formula is C82H70B2N6O2S. The Balaban J connectivity index is 0.908. The molecule has 0 unspecified atom stereocenters. The molecule has 0 spiro atoms. The van der Waals surface area contributed by atoms with Crippen molar-refractivity contribution in [2.24, 2.45) is 0 Å². The molecule has 0 saturated heterocycles. The SMILES string of the molecule is CC1(C)CCC(C)(C)c2cc(N(c3ccccc3)c3cc4c5c(n3)Oc3ccccc3B5c3cc5c(cc3N4c3ccccc3)N(c3ccccc3)c3cc(N(c4ccccc4)c4ccc6c(c4)C(C)(C)CCC6(C)C)nc4c3B5c3sc5ccccc5c3O4)ccc21. The Hall–Kier alpha value is -9.83. The number of nitrogens with zero attached hydrogens (tertiary/aromatic N) is 6. The first-order chi connectivity index (χ1) is 45.1. The highest BCUT2D eigenvalue weighted by molar-refractivity contribution is 7.33. The number of anilines is 12. The number of hydrogen-bond donors (Lipinski definition) is 0. The van der Waals surface area contributed by atoms with Crippen LogP contribution in [0.15, 0.2) is 231 Å². The van der Waals surface area contributed by atoms with E-state index in [0.717, 1.165) is 127 Å². The van der Waals surface area contributed by atoms with Gasteiger partial charge in [-0.1, -0.05) is 177 Å². The maximum Gasteiger partial charge on any atom is 0.271 e. The molecule has 0 bridgehead atoms. The molecule has 0 amide bonds. The van der Waals surface area contributed by atoms with Gasteiger partial charge < -0.3 is 19.3 Å². The lowest BCUT2D eigenvalue weighted by atomic mass is 9.32. The van der Waals surface area contributed by atoms with Crippen LogP contribution in [0.4, 0.5) is 68.5 Å². The van der Waals surface area contributed by atoms with Gasteiger partial charge in [-0.15, -0.1) is 11.3 Å². The van der Waals surface area contributed by atoms with Gasteiger partial charge in [0.25, 0.3) is 13.4 Å². The maximum absolute atomic E-state index is 7.49. The van der Waals surface area contributed by atoms with Gasteiger partial charge in [-0.3, -0.25) is 9.80 Å². The van der Waals surface area contributed by atoms with Gasteiger partial charge in [0, 0.05) is 83.4 Å². The third-order valence-corrected chi connectivity index (χ3v) is 22.7. The number of fused-ring (bicyclic) bond motifs is 12. The zero-order valence-electron chi connectivity index (χ0n) is 53.8. The minimum atomic E-state index is -0.251. The quantitative estimate of drug-likeness (QED) is 0.140. The first kappa shape index (κ1) is 56.0. The fourth-order valence-electron chi connectivity index (χ4n) is 16.4. The first-order valence-corrected chi connectivity index (χ1v) is 33.8. The molecule has 2 aliphatic carbocycles.